The SMILES string of the molecule is O=C(O)C1(c2ccc(Cl)cc2O)CC1. The number of halogens is 1. The number of aliphatic carboxylic acids is 1. The van der Waals surface area contributed by atoms with E-state index in [9.17, 15) is 9.90 Å². The summed E-state index contributed by atoms with van der Waals surface area (Å²) in [5, 5.41) is 19.0. The average Bonchev–Trinajstić information content (AvgIpc) is 2.84. The highest BCUT2D eigenvalue weighted by molar-refractivity contribution is 6.30. The number of hydrogen-bond acceptors (Lipinski definition) is 2. The van der Waals surface area contributed by atoms with Crippen molar-refractivity contribution >= 4 is 17.6 Å². The first-order chi connectivity index (χ1) is 6.56. The summed E-state index contributed by atoms with van der Waals surface area (Å²) in [4.78, 5) is 11.0. The van der Waals surface area contributed by atoms with Crippen LogP contribution in [0.1, 0.15) is 18.4 Å². The molecule has 3 nitrogen and oxygen atoms in total. The van der Waals surface area contributed by atoms with E-state index in [4.69, 9.17) is 16.7 Å². The summed E-state index contributed by atoms with van der Waals surface area (Å²) in [6.45, 7) is 0. The minimum atomic E-state index is -0.880. The molecule has 0 radical (unpaired) electrons. The van der Waals surface area contributed by atoms with Gasteiger partial charge in [-0.25, -0.2) is 0 Å². The van der Waals surface area contributed by atoms with Gasteiger partial charge in [-0.3, -0.25) is 4.79 Å². The van der Waals surface area contributed by atoms with E-state index in [1.807, 2.05) is 0 Å². The highest BCUT2D eigenvalue weighted by Gasteiger charge is 2.53. The fourth-order valence-electron chi connectivity index (χ4n) is 1.63. The van der Waals surface area contributed by atoms with Gasteiger partial charge in [0.05, 0.1) is 5.41 Å². The molecular formula is C10H9ClO3. The quantitative estimate of drug-likeness (QED) is 0.790. The second-order valence-electron chi connectivity index (χ2n) is 3.55. The molecule has 0 atom stereocenters. The number of phenolic OH excluding ortho intramolecular Hbond substituents is 1. The van der Waals surface area contributed by atoms with Gasteiger partial charge in [-0.05, 0) is 25.0 Å². The Morgan fingerprint density at radius 3 is 2.50 bits per heavy atom. The van der Waals surface area contributed by atoms with Crippen molar-refractivity contribution in [2.75, 3.05) is 0 Å². The van der Waals surface area contributed by atoms with E-state index in [-0.39, 0.29) is 5.75 Å². The fourth-order valence-corrected chi connectivity index (χ4v) is 1.80. The monoisotopic (exact) mass is 212 g/mol. The highest BCUT2D eigenvalue weighted by atomic mass is 35.5. The molecule has 4 heteroatoms. The summed E-state index contributed by atoms with van der Waals surface area (Å²) < 4.78 is 0. The zero-order valence-corrected chi connectivity index (χ0v) is 8.08. The number of carboxylic acids is 1. The lowest BCUT2D eigenvalue weighted by Crippen LogP contribution is -2.19. The Labute approximate surface area is 85.9 Å². The lowest BCUT2D eigenvalue weighted by atomic mass is 9.95. The largest absolute Gasteiger partial charge is 0.508 e. The van der Waals surface area contributed by atoms with Gasteiger partial charge < -0.3 is 10.2 Å². The van der Waals surface area contributed by atoms with Gasteiger partial charge in [0.2, 0.25) is 0 Å². The Morgan fingerprint density at radius 2 is 2.07 bits per heavy atom. The summed E-state index contributed by atoms with van der Waals surface area (Å²) >= 11 is 5.66. The summed E-state index contributed by atoms with van der Waals surface area (Å²) in [5.74, 6) is -0.910. The first-order valence-electron chi connectivity index (χ1n) is 4.29. The average molecular weight is 213 g/mol. The molecule has 1 aliphatic carbocycles. The van der Waals surface area contributed by atoms with Crippen molar-refractivity contribution in [1.29, 1.82) is 0 Å². The highest BCUT2D eigenvalue weighted by Crippen LogP contribution is 2.51. The van der Waals surface area contributed by atoms with Crippen LogP contribution in [0.3, 0.4) is 0 Å². The molecule has 0 unspecified atom stereocenters. The van der Waals surface area contributed by atoms with Crippen molar-refractivity contribution in [2.45, 2.75) is 18.3 Å². The van der Waals surface area contributed by atoms with E-state index in [0.717, 1.165) is 0 Å². The van der Waals surface area contributed by atoms with Crippen LogP contribution >= 0.6 is 11.6 Å². The number of aromatic hydroxyl groups is 1. The molecule has 1 saturated carbocycles. The molecule has 0 bridgehead atoms. The summed E-state index contributed by atoms with van der Waals surface area (Å²) in [7, 11) is 0. The van der Waals surface area contributed by atoms with Crippen molar-refractivity contribution < 1.29 is 15.0 Å². The van der Waals surface area contributed by atoms with Gasteiger partial charge in [0.25, 0.3) is 0 Å². The molecule has 74 valence electrons. The Balaban J connectivity index is 2.47. The van der Waals surface area contributed by atoms with Crippen LogP contribution in [0, 0.1) is 0 Å². The van der Waals surface area contributed by atoms with E-state index in [0.29, 0.717) is 23.4 Å². The number of phenols is 1. The molecule has 0 heterocycles. The predicted octanol–water partition coefficient (Wildman–Crippen LogP) is 2.16. The maximum atomic E-state index is 11.0. The summed E-state index contributed by atoms with van der Waals surface area (Å²) in [5.41, 5.74) is -0.399. The third kappa shape index (κ3) is 1.24. The van der Waals surface area contributed by atoms with E-state index in [2.05, 4.69) is 0 Å². The van der Waals surface area contributed by atoms with Crippen LogP contribution in [0.5, 0.6) is 5.75 Å². The van der Waals surface area contributed by atoms with Gasteiger partial charge in [0, 0.05) is 10.6 Å². The second-order valence-corrected chi connectivity index (χ2v) is 3.99. The first kappa shape index (κ1) is 9.34. The molecule has 2 N–H and O–H groups in total. The van der Waals surface area contributed by atoms with Crippen LogP contribution in [0.4, 0.5) is 0 Å². The van der Waals surface area contributed by atoms with Gasteiger partial charge in [0.15, 0.2) is 0 Å². The Hall–Kier alpha value is -1.22. The van der Waals surface area contributed by atoms with E-state index in [1.54, 1.807) is 12.1 Å². The Bertz CT molecular complexity index is 396. The van der Waals surface area contributed by atoms with Gasteiger partial charge in [-0.15, -0.1) is 0 Å². The zero-order chi connectivity index (χ0) is 10.3. The van der Waals surface area contributed by atoms with Gasteiger partial charge in [0.1, 0.15) is 5.75 Å². The van der Waals surface area contributed by atoms with Crippen LogP contribution in [-0.2, 0) is 10.2 Å². The topological polar surface area (TPSA) is 57.5 Å². The molecule has 1 aromatic carbocycles. The molecule has 1 aliphatic rings. The molecule has 0 amide bonds. The second kappa shape index (κ2) is 2.89. The number of hydrogen-bond donors (Lipinski definition) is 2. The van der Waals surface area contributed by atoms with E-state index < -0.39 is 11.4 Å². The molecule has 14 heavy (non-hydrogen) atoms. The van der Waals surface area contributed by atoms with Crippen LogP contribution < -0.4 is 0 Å². The minimum absolute atomic E-state index is 0.0302. The number of rotatable bonds is 2. The maximum Gasteiger partial charge on any atom is 0.314 e. The Morgan fingerprint density at radius 1 is 1.43 bits per heavy atom. The molecular weight excluding hydrogens is 204 g/mol. The number of carbonyl (C=O) groups is 1. The fraction of sp³-hybridized carbons (Fsp3) is 0.300. The van der Waals surface area contributed by atoms with Crippen molar-refractivity contribution in [3.63, 3.8) is 0 Å². The first-order valence-corrected chi connectivity index (χ1v) is 4.66. The van der Waals surface area contributed by atoms with Crippen LogP contribution in [0.25, 0.3) is 0 Å². The maximum absolute atomic E-state index is 11.0. The molecule has 0 aromatic heterocycles. The van der Waals surface area contributed by atoms with Gasteiger partial charge in [-0.2, -0.15) is 0 Å². The molecule has 1 fully saturated rings. The lowest BCUT2D eigenvalue weighted by molar-refractivity contribution is -0.140. The predicted molar refractivity (Wildman–Crippen MR) is 51.7 cm³/mol. The standard InChI is InChI=1S/C10H9ClO3/c11-6-1-2-7(8(12)5-6)10(3-4-10)9(13)14/h1-2,5,12H,3-4H2,(H,13,14). The summed E-state index contributed by atoms with van der Waals surface area (Å²) in [6.07, 6.45) is 1.16. The van der Waals surface area contributed by atoms with Gasteiger partial charge >= 0.3 is 5.97 Å². The lowest BCUT2D eigenvalue weighted by Gasteiger charge is -2.11. The van der Waals surface area contributed by atoms with Crippen molar-refractivity contribution in [2.24, 2.45) is 0 Å². The van der Waals surface area contributed by atoms with E-state index in [1.165, 1.54) is 6.07 Å². The minimum Gasteiger partial charge on any atom is -0.508 e. The third-order valence-corrected chi connectivity index (χ3v) is 2.87. The van der Waals surface area contributed by atoms with Crippen molar-refractivity contribution in [3.8, 4) is 5.75 Å². The molecule has 0 spiro atoms. The molecule has 2 rings (SSSR count). The van der Waals surface area contributed by atoms with Crippen molar-refractivity contribution in [1.82, 2.24) is 0 Å². The van der Waals surface area contributed by atoms with Crippen molar-refractivity contribution in [3.05, 3.63) is 28.8 Å². The van der Waals surface area contributed by atoms with Gasteiger partial charge in [-0.1, -0.05) is 17.7 Å². The smallest absolute Gasteiger partial charge is 0.314 e. The molecule has 0 aliphatic heterocycles. The number of benzene rings is 1. The molecule has 0 saturated heterocycles. The summed E-state index contributed by atoms with van der Waals surface area (Å²) in [6, 6.07) is 4.55. The van der Waals surface area contributed by atoms with E-state index >= 15 is 0 Å². The third-order valence-electron chi connectivity index (χ3n) is 2.63. The number of carboxylic acid groups (broad SMARTS) is 1. The Kier molecular flexibility index (Phi) is 1.93. The molecule has 1 aromatic rings. The zero-order valence-electron chi connectivity index (χ0n) is 7.33. The van der Waals surface area contributed by atoms with Crippen LogP contribution in [0.15, 0.2) is 18.2 Å². The van der Waals surface area contributed by atoms with Crippen LogP contribution in [0.2, 0.25) is 5.02 Å². The van der Waals surface area contributed by atoms with Crippen LogP contribution in [-0.4, -0.2) is 16.2 Å². The normalized spacial score (nSPS) is 17.8.